The second kappa shape index (κ2) is 6.65. The summed E-state index contributed by atoms with van der Waals surface area (Å²) in [4.78, 5) is 11.8. The van der Waals surface area contributed by atoms with Crippen molar-refractivity contribution in [2.24, 2.45) is 5.92 Å². The molecule has 1 aromatic heterocycles. The smallest absolute Gasteiger partial charge is 0.244 e. The molecule has 114 valence electrons. The molecule has 3 rings (SSSR count). The van der Waals surface area contributed by atoms with Crippen LogP contribution in [0.25, 0.3) is 6.08 Å². The van der Waals surface area contributed by atoms with Crippen molar-refractivity contribution in [2.75, 3.05) is 6.54 Å². The van der Waals surface area contributed by atoms with Crippen LogP contribution in [0.3, 0.4) is 0 Å². The van der Waals surface area contributed by atoms with Crippen LogP contribution in [0.4, 0.5) is 0 Å². The Labute approximate surface area is 131 Å². The Morgan fingerprint density at radius 3 is 2.77 bits per heavy atom. The lowest BCUT2D eigenvalue weighted by Crippen LogP contribution is -2.23. The molecule has 1 fully saturated rings. The Kier molecular flexibility index (Phi) is 4.42. The highest BCUT2D eigenvalue weighted by atomic mass is 16.3. The van der Waals surface area contributed by atoms with Crippen molar-refractivity contribution < 1.29 is 9.21 Å². The van der Waals surface area contributed by atoms with Crippen LogP contribution in [-0.4, -0.2) is 12.5 Å². The van der Waals surface area contributed by atoms with E-state index in [-0.39, 0.29) is 5.91 Å². The maximum Gasteiger partial charge on any atom is 0.244 e. The van der Waals surface area contributed by atoms with Gasteiger partial charge in [0.25, 0.3) is 0 Å². The monoisotopic (exact) mass is 295 g/mol. The Morgan fingerprint density at radius 1 is 1.27 bits per heavy atom. The average molecular weight is 295 g/mol. The van der Waals surface area contributed by atoms with E-state index in [1.54, 1.807) is 6.08 Å². The van der Waals surface area contributed by atoms with Gasteiger partial charge in [-0.05, 0) is 42.5 Å². The van der Waals surface area contributed by atoms with E-state index >= 15 is 0 Å². The van der Waals surface area contributed by atoms with Gasteiger partial charge in [0.05, 0.1) is 0 Å². The van der Waals surface area contributed by atoms with Gasteiger partial charge in [-0.25, -0.2) is 0 Å². The number of hydrogen-bond donors (Lipinski definition) is 1. The van der Waals surface area contributed by atoms with Crippen LogP contribution in [0, 0.1) is 5.92 Å². The summed E-state index contributed by atoms with van der Waals surface area (Å²) in [6.07, 6.45) is 5.31. The van der Waals surface area contributed by atoms with E-state index in [2.05, 4.69) is 24.4 Å². The Bertz CT molecular complexity index is 657. The Morgan fingerprint density at radius 2 is 2.05 bits per heavy atom. The largest absolute Gasteiger partial charge is 0.461 e. The number of carbonyl (C=O) groups is 1. The number of furan rings is 1. The van der Waals surface area contributed by atoms with E-state index in [0.717, 1.165) is 23.9 Å². The number of rotatable bonds is 6. The summed E-state index contributed by atoms with van der Waals surface area (Å²) < 4.78 is 5.74. The molecule has 1 amide bonds. The first-order valence-corrected chi connectivity index (χ1v) is 7.82. The van der Waals surface area contributed by atoms with Crippen LogP contribution < -0.4 is 5.32 Å². The zero-order valence-corrected chi connectivity index (χ0v) is 12.8. The molecule has 1 saturated carbocycles. The molecule has 0 saturated heterocycles. The fourth-order valence-electron chi connectivity index (χ4n) is 2.57. The van der Waals surface area contributed by atoms with Gasteiger partial charge in [0.15, 0.2) is 0 Å². The Balaban J connectivity index is 1.44. The molecule has 22 heavy (non-hydrogen) atoms. The third-order valence-corrected chi connectivity index (χ3v) is 4.08. The van der Waals surface area contributed by atoms with Crippen LogP contribution in [-0.2, 0) is 11.2 Å². The van der Waals surface area contributed by atoms with E-state index in [4.69, 9.17) is 4.42 Å². The number of amides is 1. The van der Waals surface area contributed by atoms with Gasteiger partial charge in [-0.15, -0.1) is 0 Å². The molecule has 2 unspecified atom stereocenters. The van der Waals surface area contributed by atoms with E-state index < -0.39 is 0 Å². The van der Waals surface area contributed by atoms with E-state index in [1.165, 1.54) is 18.1 Å². The minimum atomic E-state index is -0.0892. The van der Waals surface area contributed by atoms with Crippen LogP contribution >= 0.6 is 0 Å². The standard InChI is InChI=1S/C19H21NO2/c1-14-13-17(14)18-9-7-16(22-18)8-10-19(21)20-12-11-15-5-3-2-4-6-15/h2-10,14,17H,11-13H2,1H3,(H,20,21)/b10-8+. The normalized spacial score (nSPS) is 20.2. The number of hydrogen-bond acceptors (Lipinski definition) is 2. The van der Waals surface area contributed by atoms with Gasteiger partial charge in [-0.2, -0.15) is 0 Å². The number of carbonyl (C=O) groups excluding carboxylic acids is 1. The molecule has 1 heterocycles. The van der Waals surface area contributed by atoms with Crippen molar-refractivity contribution in [3.8, 4) is 0 Å². The van der Waals surface area contributed by atoms with Gasteiger partial charge >= 0.3 is 0 Å². The summed E-state index contributed by atoms with van der Waals surface area (Å²) in [5.74, 6) is 2.99. The second-order valence-corrected chi connectivity index (χ2v) is 5.92. The van der Waals surface area contributed by atoms with E-state index in [1.807, 2.05) is 30.3 Å². The molecule has 0 aliphatic heterocycles. The topological polar surface area (TPSA) is 42.2 Å². The molecule has 0 bridgehead atoms. The van der Waals surface area contributed by atoms with Gasteiger partial charge in [0.1, 0.15) is 11.5 Å². The molecule has 1 aliphatic rings. The van der Waals surface area contributed by atoms with Crippen LogP contribution in [0.15, 0.2) is 53.0 Å². The van der Waals surface area contributed by atoms with Crippen molar-refractivity contribution in [1.29, 1.82) is 0 Å². The van der Waals surface area contributed by atoms with Gasteiger partial charge in [-0.1, -0.05) is 37.3 Å². The fourth-order valence-corrected chi connectivity index (χ4v) is 2.57. The minimum Gasteiger partial charge on any atom is -0.461 e. The highest BCUT2D eigenvalue weighted by Gasteiger charge is 2.36. The molecule has 3 nitrogen and oxygen atoms in total. The van der Waals surface area contributed by atoms with Crippen molar-refractivity contribution in [1.82, 2.24) is 5.32 Å². The molecule has 0 radical (unpaired) electrons. The molecule has 2 aromatic rings. The lowest BCUT2D eigenvalue weighted by atomic mass is 10.1. The van der Waals surface area contributed by atoms with Gasteiger partial charge < -0.3 is 9.73 Å². The van der Waals surface area contributed by atoms with Crippen molar-refractivity contribution in [2.45, 2.75) is 25.7 Å². The fraction of sp³-hybridized carbons (Fsp3) is 0.316. The summed E-state index contributed by atoms with van der Waals surface area (Å²) in [6, 6.07) is 14.1. The predicted molar refractivity (Wildman–Crippen MR) is 87.4 cm³/mol. The predicted octanol–water partition coefficient (Wildman–Crippen LogP) is 3.78. The van der Waals surface area contributed by atoms with Crippen LogP contribution in [0.2, 0.25) is 0 Å². The van der Waals surface area contributed by atoms with E-state index in [0.29, 0.717) is 12.5 Å². The third-order valence-electron chi connectivity index (χ3n) is 4.08. The zero-order valence-electron chi connectivity index (χ0n) is 12.8. The third kappa shape index (κ3) is 3.88. The van der Waals surface area contributed by atoms with Crippen LogP contribution in [0.5, 0.6) is 0 Å². The first-order valence-electron chi connectivity index (χ1n) is 7.82. The van der Waals surface area contributed by atoms with Gasteiger partial charge in [-0.3, -0.25) is 4.79 Å². The SMILES string of the molecule is CC1CC1c1ccc(/C=C/C(=O)NCCc2ccccc2)o1. The molecule has 1 aliphatic carbocycles. The van der Waals surface area contributed by atoms with Crippen molar-refractivity contribution >= 4 is 12.0 Å². The summed E-state index contributed by atoms with van der Waals surface area (Å²) >= 11 is 0. The average Bonchev–Trinajstić information content (AvgIpc) is 3.08. The second-order valence-electron chi connectivity index (χ2n) is 5.92. The summed E-state index contributed by atoms with van der Waals surface area (Å²) in [6.45, 7) is 2.86. The zero-order chi connectivity index (χ0) is 15.4. The molecule has 1 aromatic carbocycles. The molecular formula is C19H21NO2. The summed E-state index contributed by atoms with van der Waals surface area (Å²) in [5.41, 5.74) is 1.22. The van der Waals surface area contributed by atoms with Gasteiger partial charge in [0.2, 0.25) is 5.91 Å². The highest BCUT2D eigenvalue weighted by molar-refractivity contribution is 5.91. The van der Waals surface area contributed by atoms with Crippen molar-refractivity contribution in [3.63, 3.8) is 0 Å². The maximum atomic E-state index is 11.8. The lowest BCUT2D eigenvalue weighted by Gasteiger charge is -2.02. The molecule has 2 atom stereocenters. The van der Waals surface area contributed by atoms with E-state index in [9.17, 15) is 4.79 Å². The summed E-state index contributed by atoms with van der Waals surface area (Å²) in [5, 5.41) is 2.88. The number of nitrogens with one attached hydrogen (secondary N) is 1. The number of benzene rings is 1. The first kappa shape index (κ1) is 14.6. The quantitative estimate of drug-likeness (QED) is 0.824. The molecule has 3 heteroatoms. The van der Waals surface area contributed by atoms with Gasteiger partial charge in [0, 0.05) is 18.5 Å². The molecule has 0 spiro atoms. The van der Waals surface area contributed by atoms with Crippen LogP contribution in [0.1, 0.15) is 36.3 Å². The first-order chi connectivity index (χ1) is 10.7. The molecular weight excluding hydrogens is 274 g/mol. The Hall–Kier alpha value is -2.29. The molecule has 1 N–H and O–H groups in total. The highest BCUT2D eigenvalue weighted by Crippen LogP contribution is 2.47. The summed E-state index contributed by atoms with van der Waals surface area (Å²) in [7, 11) is 0. The minimum absolute atomic E-state index is 0.0892. The lowest BCUT2D eigenvalue weighted by molar-refractivity contribution is -0.116. The maximum absolute atomic E-state index is 11.8. The van der Waals surface area contributed by atoms with Crippen molar-refractivity contribution in [3.05, 3.63) is 65.6 Å².